The van der Waals surface area contributed by atoms with E-state index < -0.39 is 0 Å². The second-order valence-corrected chi connectivity index (χ2v) is 4.42. The summed E-state index contributed by atoms with van der Waals surface area (Å²) in [6.45, 7) is 6.95. The highest BCUT2D eigenvalue weighted by Gasteiger charge is 1.97. The molecule has 0 aliphatic heterocycles. The van der Waals surface area contributed by atoms with Gasteiger partial charge in [0.1, 0.15) is 0 Å². The Morgan fingerprint density at radius 1 is 0.688 bits per heavy atom. The minimum absolute atomic E-state index is 0. The van der Waals surface area contributed by atoms with Gasteiger partial charge in [0.25, 0.3) is 0 Å². The van der Waals surface area contributed by atoms with Crippen LogP contribution in [0.15, 0.2) is 0 Å². The quantitative estimate of drug-likeness (QED) is 0.372. The molecule has 104 valence electrons. The smallest absolute Gasteiger partial charge is 0.0445 e. The molecule has 0 bridgehead atoms. The van der Waals surface area contributed by atoms with Crippen molar-refractivity contribution >= 4 is 0 Å². The van der Waals surface area contributed by atoms with Gasteiger partial charge in [-0.1, -0.05) is 101 Å². The zero-order valence-corrected chi connectivity index (χ0v) is 9.94. The van der Waals surface area contributed by atoms with Crippen molar-refractivity contribution < 1.29 is 0 Å². The van der Waals surface area contributed by atoms with Crippen molar-refractivity contribution in [3.63, 3.8) is 0 Å². The summed E-state index contributed by atoms with van der Waals surface area (Å²) in [6.07, 6.45) is 12.9. The van der Waals surface area contributed by atoms with Gasteiger partial charge in [0, 0.05) is 0 Å². The highest BCUT2D eigenvalue weighted by atomic mass is 14.0. The Kier molecular flexibility index (Phi) is 31.9. The Balaban J connectivity index is -0.000000240. The van der Waals surface area contributed by atoms with Gasteiger partial charge >= 0.3 is 0 Å². The van der Waals surface area contributed by atoms with Gasteiger partial charge in [-0.2, -0.15) is 0 Å². The molecule has 0 amide bonds. The standard InChI is InChI=1S/C13H28.3CH4/c1-4-6-7-8-9-10-11-12-13(3)5-2;;;/h13H,4-12H2,1-3H3;3*1H4. The number of hydrogen-bond donors (Lipinski definition) is 0. The summed E-state index contributed by atoms with van der Waals surface area (Å²) in [5.41, 5.74) is 0. The predicted octanol–water partition coefficient (Wildman–Crippen LogP) is 7.08. The average molecular weight is 232 g/mol. The van der Waals surface area contributed by atoms with E-state index in [4.69, 9.17) is 0 Å². The molecule has 0 heteroatoms. The van der Waals surface area contributed by atoms with Crippen LogP contribution in [0, 0.1) is 5.92 Å². The first-order valence-corrected chi connectivity index (χ1v) is 6.31. The summed E-state index contributed by atoms with van der Waals surface area (Å²) in [5, 5.41) is 0. The van der Waals surface area contributed by atoms with Gasteiger partial charge in [-0.05, 0) is 5.92 Å². The van der Waals surface area contributed by atoms with E-state index >= 15 is 0 Å². The van der Waals surface area contributed by atoms with Crippen molar-refractivity contribution in [3.05, 3.63) is 0 Å². The Morgan fingerprint density at radius 3 is 1.56 bits per heavy atom. The van der Waals surface area contributed by atoms with Gasteiger partial charge in [-0.25, -0.2) is 0 Å². The minimum atomic E-state index is 0. The molecule has 16 heavy (non-hydrogen) atoms. The third-order valence-corrected chi connectivity index (χ3v) is 3.00. The van der Waals surface area contributed by atoms with Crippen LogP contribution in [0.2, 0.25) is 0 Å². The molecule has 0 nitrogen and oxygen atoms in total. The predicted molar refractivity (Wildman–Crippen MR) is 82.3 cm³/mol. The third kappa shape index (κ3) is 19.6. The first-order valence-electron chi connectivity index (χ1n) is 6.31. The highest BCUT2D eigenvalue weighted by Crippen LogP contribution is 2.14. The van der Waals surface area contributed by atoms with Gasteiger partial charge in [0.05, 0.1) is 0 Å². The van der Waals surface area contributed by atoms with E-state index in [1.165, 1.54) is 57.8 Å². The monoisotopic (exact) mass is 232 g/mol. The fourth-order valence-corrected chi connectivity index (χ4v) is 1.65. The lowest BCUT2D eigenvalue weighted by Crippen LogP contribution is -1.91. The number of hydrogen-bond acceptors (Lipinski definition) is 0. The third-order valence-electron chi connectivity index (χ3n) is 3.00. The molecule has 1 atom stereocenters. The SMILES string of the molecule is C.C.C.CCCCCCCCCC(C)CC. The van der Waals surface area contributed by atoms with E-state index in [0.29, 0.717) is 0 Å². The Labute approximate surface area is 107 Å². The highest BCUT2D eigenvalue weighted by molar-refractivity contribution is 4.51. The molecule has 0 aromatic carbocycles. The molecule has 1 unspecified atom stereocenters. The molecule has 0 aliphatic carbocycles. The molecule has 0 aromatic heterocycles. The molecule has 0 aliphatic rings. The summed E-state index contributed by atoms with van der Waals surface area (Å²) in [6, 6.07) is 0. The lowest BCUT2D eigenvalue weighted by Gasteiger charge is -2.07. The normalized spacial score (nSPS) is 10.7. The molecule has 0 spiro atoms. The largest absolute Gasteiger partial charge is 0.0776 e. The van der Waals surface area contributed by atoms with E-state index in [2.05, 4.69) is 20.8 Å². The van der Waals surface area contributed by atoms with Crippen molar-refractivity contribution in [2.45, 2.75) is 101 Å². The van der Waals surface area contributed by atoms with E-state index in [-0.39, 0.29) is 22.3 Å². The van der Waals surface area contributed by atoms with Crippen molar-refractivity contribution in [1.29, 1.82) is 0 Å². The first-order chi connectivity index (χ1) is 6.31. The molecule has 0 saturated heterocycles. The maximum absolute atomic E-state index is 2.37. The molecule has 0 saturated carbocycles. The molecular weight excluding hydrogens is 192 g/mol. The summed E-state index contributed by atoms with van der Waals surface area (Å²) in [4.78, 5) is 0. The van der Waals surface area contributed by atoms with Crippen LogP contribution in [0.3, 0.4) is 0 Å². The van der Waals surface area contributed by atoms with Crippen LogP contribution >= 0.6 is 0 Å². The second-order valence-electron chi connectivity index (χ2n) is 4.42. The van der Waals surface area contributed by atoms with Gasteiger partial charge in [-0.3, -0.25) is 0 Å². The van der Waals surface area contributed by atoms with Crippen LogP contribution in [0.4, 0.5) is 0 Å². The Bertz CT molecular complexity index is 86.0. The molecule has 0 fully saturated rings. The van der Waals surface area contributed by atoms with E-state index in [0.717, 1.165) is 5.92 Å². The second kappa shape index (κ2) is 20.4. The first kappa shape index (κ1) is 25.0. The van der Waals surface area contributed by atoms with Crippen LogP contribution in [0.25, 0.3) is 0 Å². The topological polar surface area (TPSA) is 0 Å². The fraction of sp³-hybridized carbons (Fsp3) is 1.00. The zero-order valence-electron chi connectivity index (χ0n) is 9.94. The van der Waals surface area contributed by atoms with E-state index in [9.17, 15) is 0 Å². The van der Waals surface area contributed by atoms with E-state index in [1.54, 1.807) is 0 Å². The van der Waals surface area contributed by atoms with Crippen LogP contribution in [-0.4, -0.2) is 0 Å². The zero-order chi connectivity index (χ0) is 9.94. The average Bonchev–Trinajstić information content (AvgIpc) is 2.16. The van der Waals surface area contributed by atoms with Crippen LogP contribution in [-0.2, 0) is 0 Å². The van der Waals surface area contributed by atoms with Gasteiger partial charge < -0.3 is 0 Å². The maximum Gasteiger partial charge on any atom is -0.0445 e. The number of unbranched alkanes of at least 4 members (excludes halogenated alkanes) is 6. The molecule has 0 aromatic rings. The molecule has 0 radical (unpaired) electrons. The van der Waals surface area contributed by atoms with Crippen LogP contribution < -0.4 is 0 Å². The molecule has 0 heterocycles. The lowest BCUT2D eigenvalue weighted by atomic mass is 10.00. The molecule has 0 N–H and O–H groups in total. The van der Waals surface area contributed by atoms with Crippen molar-refractivity contribution in [2.75, 3.05) is 0 Å². The van der Waals surface area contributed by atoms with Gasteiger partial charge in [0.2, 0.25) is 0 Å². The van der Waals surface area contributed by atoms with Crippen LogP contribution in [0.1, 0.15) is 101 Å². The Morgan fingerprint density at radius 2 is 1.12 bits per heavy atom. The minimum Gasteiger partial charge on any atom is -0.0776 e. The summed E-state index contributed by atoms with van der Waals surface area (Å²) >= 11 is 0. The lowest BCUT2D eigenvalue weighted by molar-refractivity contribution is 0.471. The van der Waals surface area contributed by atoms with Crippen molar-refractivity contribution in [3.8, 4) is 0 Å². The van der Waals surface area contributed by atoms with E-state index in [1.807, 2.05) is 0 Å². The molecular formula is C16H40. The Hall–Kier alpha value is 0. The molecule has 0 rings (SSSR count). The summed E-state index contributed by atoms with van der Waals surface area (Å²) in [5.74, 6) is 0.954. The van der Waals surface area contributed by atoms with Gasteiger partial charge in [0.15, 0.2) is 0 Å². The van der Waals surface area contributed by atoms with Gasteiger partial charge in [-0.15, -0.1) is 0 Å². The van der Waals surface area contributed by atoms with Crippen molar-refractivity contribution in [1.82, 2.24) is 0 Å². The summed E-state index contributed by atoms with van der Waals surface area (Å²) < 4.78 is 0. The summed E-state index contributed by atoms with van der Waals surface area (Å²) in [7, 11) is 0. The van der Waals surface area contributed by atoms with Crippen LogP contribution in [0.5, 0.6) is 0 Å². The maximum atomic E-state index is 2.37. The number of rotatable bonds is 9. The van der Waals surface area contributed by atoms with Crippen molar-refractivity contribution in [2.24, 2.45) is 5.92 Å². The fourth-order valence-electron chi connectivity index (χ4n) is 1.65.